The van der Waals surface area contributed by atoms with Crippen LogP contribution in [0.4, 0.5) is 0 Å². The van der Waals surface area contributed by atoms with Gasteiger partial charge in [0.1, 0.15) is 5.82 Å². The second-order valence-electron chi connectivity index (χ2n) is 3.66. The molecule has 4 nitrogen and oxygen atoms in total. The van der Waals surface area contributed by atoms with E-state index in [-0.39, 0.29) is 0 Å². The number of imidazole rings is 1. The van der Waals surface area contributed by atoms with Crippen LogP contribution in [-0.2, 0) is 0 Å². The van der Waals surface area contributed by atoms with Gasteiger partial charge in [0.25, 0.3) is 0 Å². The first-order valence-corrected chi connectivity index (χ1v) is 5.32. The molecule has 0 aliphatic heterocycles. The molecule has 17 heavy (non-hydrogen) atoms. The Morgan fingerprint density at radius 2 is 2.00 bits per heavy atom. The summed E-state index contributed by atoms with van der Waals surface area (Å²) < 4.78 is 5.22. The van der Waals surface area contributed by atoms with Crippen LogP contribution in [-0.4, -0.2) is 22.1 Å². The third kappa shape index (κ3) is 1.63. The molecule has 0 aliphatic carbocycles. The number of ether oxygens (including phenoxy) is 1. The molecular formula is C13H11N3O. The summed E-state index contributed by atoms with van der Waals surface area (Å²) in [6.07, 6.45) is 1.70. The minimum atomic E-state index is 0.576. The maximum absolute atomic E-state index is 5.22. The van der Waals surface area contributed by atoms with Gasteiger partial charge in [0.15, 0.2) is 0 Å². The fourth-order valence-corrected chi connectivity index (χ4v) is 1.81. The zero-order valence-corrected chi connectivity index (χ0v) is 9.34. The van der Waals surface area contributed by atoms with E-state index in [1.807, 2.05) is 36.4 Å². The van der Waals surface area contributed by atoms with E-state index in [0.717, 1.165) is 22.4 Å². The summed E-state index contributed by atoms with van der Waals surface area (Å²) >= 11 is 0. The summed E-state index contributed by atoms with van der Waals surface area (Å²) in [5.74, 6) is 1.35. The molecule has 0 aliphatic rings. The number of nitrogens with zero attached hydrogens (tertiary/aromatic N) is 2. The van der Waals surface area contributed by atoms with Crippen LogP contribution in [0.25, 0.3) is 22.4 Å². The van der Waals surface area contributed by atoms with Gasteiger partial charge in [0, 0.05) is 6.20 Å². The molecule has 1 N–H and O–H groups in total. The molecule has 0 atom stereocenters. The summed E-state index contributed by atoms with van der Waals surface area (Å²) in [6, 6.07) is 11.7. The standard InChI is InChI=1S/C13H11N3O/c1-17-13-9(5-4-8-14-13)12-15-10-6-2-3-7-11(10)16-12/h2-8H,1H3,(H,15,16). The number of nitrogens with one attached hydrogen (secondary N) is 1. The van der Waals surface area contributed by atoms with E-state index in [1.165, 1.54) is 0 Å². The summed E-state index contributed by atoms with van der Waals surface area (Å²) in [6.45, 7) is 0. The Labute approximate surface area is 98.3 Å². The van der Waals surface area contributed by atoms with Gasteiger partial charge in [0.2, 0.25) is 5.88 Å². The van der Waals surface area contributed by atoms with Crippen LogP contribution < -0.4 is 4.74 Å². The average Bonchev–Trinajstić information content (AvgIpc) is 2.82. The minimum absolute atomic E-state index is 0.576. The number of pyridine rings is 1. The van der Waals surface area contributed by atoms with Gasteiger partial charge in [-0.3, -0.25) is 0 Å². The molecule has 0 bridgehead atoms. The van der Waals surface area contributed by atoms with Gasteiger partial charge in [-0.2, -0.15) is 0 Å². The van der Waals surface area contributed by atoms with Gasteiger partial charge < -0.3 is 9.72 Å². The van der Waals surface area contributed by atoms with E-state index in [9.17, 15) is 0 Å². The number of H-pyrrole nitrogens is 1. The largest absolute Gasteiger partial charge is 0.480 e. The lowest BCUT2D eigenvalue weighted by molar-refractivity contribution is 0.399. The number of aromatic amines is 1. The Bertz CT molecular complexity index is 627. The third-order valence-corrected chi connectivity index (χ3v) is 2.61. The molecule has 2 heterocycles. The smallest absolute Gasteiger partial charge is 0.224 e. The highest BCUT2D eigenvalue weighted by Crippen LogP contribution is 2.26. The number of rotatable bonds is 2. The molecular weight excluding hydrogens is 214 g/mol. The number of hydrogen-bond donors (Lipinski definition) is 1. The number of fused-ring (bicyclic) bond motifs is 1. The average molecular weight is 225 g/mol. The molecule has 0 radical (unpaired) electrons. The van der Waals surface area contributed by atoms with Gasteiger partial charge in [-0.1, -0.05) is 12.1 Å². The summed E-state index contributed by atoms with van der Waals surface area (Å²) in [5.41, 5.74) is 2.81. The molecule has 1 aromatic carbocycles. The molecule has 0 saturated heterocycles. The first-order valence-electron chi connectivity index (χ1n) is 5.32. The maximum atomic E-state index is 5.22. The van der Waals surface area contributed by atoms with E-state index < -0.39 is 0 Å². The zero-order valence-electron chi connectivity index (χ0n) is 9.34. The fraction of sp³-hybridized carbons (Fsp3) is 0.0769. The van der Waals surface area contributed by atoms with Crippen molar-refractivity contribution in [3.63, 3.8) is 0 Å². The second-order valence-corrected chi connectivity index (χ2v) is 3.66. The van der Waals surface area contributed by atoms with E-state index in [2.05, 4.69) is 15.0 Å². The Hall–Kier alpha value is -2.36. The Kier molecular flexibility index (Phi) is 2.26. The van der Waals surface area contributed by atoms with Crippen molar-refractivity contribution in [1.82, 2.24) is 15.0 Å². The molecule has 2 aromatic heterocycles. The summed E-state index contributed by atoms with van der Waals surface area (Å²) in [5, 5.41) is 0. The molecule has 0 fully saturated rings. The number of methoxy groups -OCH3 is 1. The molecule has 84 valence electrons. The Morgan fingerprint density at radius 3 is 2.82 bits per heavy atom. The lowest BCUT2D eigenvalue weighted by atomic mass is 10.2. The topological polar surface area (TPSA) is 50.8 Å². The van der Waals surface area contributed by atoms with Crippen LogP contribution in [0.1, 0.15) is 0 Å². The molecule has 0 amide bonds. The first kappa shape index (κ1) is 9.84. The van der Waals surface area contributed by atoms with E-state index in [4.69, 9.17) is 4.74 Å². The van der Waals surface area contributed by atoms with Crippen molar-refractivity contribution < 1.29 is 4.74 Å². The molecule has 0 spiro atoms. The highest BCUT2D eigenvalue weighted by molar-refractivity contribution is 5.80. The van der Waals surface area contributed by atoms with Crippen molar-refractivity contribution in [2.24, 2.45) is 0 Å². The van der Waals surface area contributed by atoms with Gasteiger partial charge in [0.05, 0.1) is 23.7 Å². The quantitative estimate of drug-likeness (QED) is 0.729. The molecule has 3 aromatic rings. The number of para-hydroxylation sites is 2. The van der Waals surface area contributed by atoms with Crippen LogP contribution >= 0.6 is 0 Å². The lowest BCUT2D eigenvalue weighted by Gasteiger charge is -2.02. The van der Waals surface area contributed by atoms with Crippen molar-refractivity contribution in [2.75, 3.05) is 7.11 Å². The minimum Gasteiger partial charge on any atom is -0.480 e. The monoisotopic (exact) mass is 225 g/mol. The first-order chi connectivity index (χ1) is 8.38. The maximum Gasteiger partial charge on any atom is 0.224 e. The van der Waals surface area contributed by atoms with Crippen molar-refractivity contribution in [3.05, 3.63) is 42.6 Å². The Balaban J connectivity index is 2.20. The zero-order chi connectivity index (χ0) is 11.7. The fourth-order valence-electron chi connectivity index (χ4n) is 1.81. The van der Waals surface area contributed by atoms with Gasteiger partial charge in [-0.25, -0.2) is 9.97 Å². The third-order valence-electron chi connectivity index (χ3n) is 2.61. The lowest BCUT2D eigenvalue weighted by Crippen LogP contribution is -1.91. The summed E-state index contributed by atoms with van der Waals surface area (Å²) in [4.78, 5) is 11.9. The molecule has 0 saturated carbocycles. The highest BCUT2D eigenvalue weighted by Gasteiger charge is 2.10. The number of benzene rings is 1. The van der Waals surface area contributed by atoms with Crippen molar-refractivity contribution >= 4 is 11.0 Å². The predicted octanol–water partition coefficient (Wildman–Crippen LogP) is 2.63. The second kappa shape index (κ2) is 3.90. The van der Waals surface area contributed by atoms with Crippen LogP contribution in [0, 0.1) is 0 Å². The van der Waals surface area contributed by atoms with Crippen LogP contribution in [0.15, 0.2) is 42.6 Å². The van der Waals surface area contributed by atoms with Gasteiger partial charge in [-0.05, 0) is 24.3 Å². The molecule has 4 heteroatoms. The van der Waals surface area contributed by atoms with Crippen molar-refractivity contribution in [1.29, 1.82) is 0 Å². The van der Waals surface area contributed by atoms with Crippen LogP contribution in [0.5, 0.6) is 5.88 Å². The van der Waals surface area contributed by atoms with Crippen LogP contribution in [0.2, 0.25) is 0 Å². The molecule has 3 rings (SSSR count). The Morgan fingerprint density at radius 1 is 1.12 bits per heavy atom. The SMILES string of the molecule is COc1ncccc1-c1nc2ccccc2[nH]1. The number of hydrogen-bond acceptors (Lipinski definition) is 3. The van der Waals surface area contributed by atoms with Crippen molar-refractivity contribution in [3.8, 4) is 17.3 Å². The molecule has 0 unspecified atom stereocenters. The van der Waals surface area contributed by atoms with Crippen LogP contribution in [0.3, 0.4) is 0 Å². The summed E-state index contributed by atoms with van der Waals surface area (Å²) in [7, 11) is 1.61. The van der Waals surface area contributed by atoms with E-state index >= 15 is 0 Å². The van der Waals surface area contributed by atoms with Gasteiger partial charge >= 0.3 is 0 Å². The number of aromatic nitrogens is 3. The van der Waals surface area contributed by atoms with E-state index in [0.29, 0.717) is 5.88 Å². The van der Waals surface area contributed by atoms with E-state index in [1.54, 1.807) is 13.3 Å². The normalized spacial score (nSPS) is 10.6. The predicted molar refractivity (Wildman–Crippen MR) is 65.9 cm³/mol. The van der Waals surface area contributed by atoms with Gasteiger partial charge in [-0.15, -0.1) is 0 Å². The van der Waals surface area contributed by atoms with Crippen molar-refractivity contribution in [2.45, 2.75) is 0 Å². The highest BCUT2D eigenvalue weighted by atomic mass is 16.5.